The second-order valence-electron chi connectivity index (χ2n) is 3.31. The zero-order valence-electron chi connectivity index (χ0n) is 7.74. The molecule has 0 bridgehead atoms. The Labute approximate surface area is 92.2 Å². The van der Waals surface area contributed by atoms with Crippen LogP contribution in [0.2, 0.25) is 5.02 Å². The first-order valence-corrected chi connectivity index (χ1v) is 6.67. The first kappa shape index (κ1) is 11.8. The second-order valence-corrected chi connectivity index (χ2v) is 6.20. The fraction of sp³-hybridized carbons (Fsp3) is 0.571. The largest absolute Gasteiger partial charge is 0.279 e. The maximum absolute atomic E-state index is 11.1. The topological polar surface area (TPSA) is 52.0 Å². The maximum Gasteiger partial charge on any atom is 0.279 e. The molecular weight excluding hydrogens is 247 g/mol. The third-order valence-corrected chi connectivity index (χ3v) is 3.24. The summed E-state index contributed by atoms with van der Waals surface area (Å²) in [6, 6.07) is 0. The number of hydrogen-bond acceptors (Lipinski definition) is 3. The molecule has 7 heteroatoms. The van der Waals surface area contributed by atoms with Gasteiger partial charge in [-0.05, 0) is 5.92 Å². The van der Waals surface area contributed by atoms with E-state index in [4.69, 9.17) is 22.3 Å². The van der Waals surface area contributed by atoms with Crippen LogP contribution >= 0.6 is 22.3 Å². The number of hydrogen-bond donors (Lipinski definition) is 0. The summed E-state index contributed by atoms with van der Waals surface area (Å²) in [5.41, 5.74) is 0. The molecule has 0 N–H and O–H groups in total. The van der Waals surface area contributed by atoms with Gasteiger partial charge in [-0.1, -0.05) is 25.4 Å². The van der Waals surface area contributed by atoms with Crippen LogP contribution in [0.3, 0.4) is 0 Å². The zero-order chi connectivity index (χ0) is 10.9. The molecule has 1 aromatic heterocycles. The highest BCUT2D eigenvalue weighted by molar-refractivity contribution is 8.13. The Hall–Kier alpha value is -0.260. The normalized spacial score (nSPS) is 12.4. The molecule has 0 unspecified atom stereocenters. The lowest BCUT2D eigenvalue weighted by Crippen LogP contribution is -2.11. The van der Waals surface area contributed by atoms with Gasteiger partial charge >= 0.3 is 0 Å². The summed E-state index contributed by atoms with van der Waals surface area (Å²) in [5.74, 6) is 0.267. The van der Waals surface area contributed by atoms with E-state index in [-0.39, 0.29) is 16.0 Å². The van der Waals surface area contributed by atoms with E-state index in [1.165, 1.54) is 10.9 Å². The van der Waals surface area contributed by atoms with Gasteiger partial charge in [0.1, 0.15) is 0 Å². The molecule has 0 saturated heterocycles. The molecule has 1 aromatic rings. The van der Waals surface area contributed by atoms with Gasteiger partial charge in [0.05, 0.1) is 11.2 Å². The molecule has 1 heterocycles. The minimum atomic E-state index is -3.83. The fourth-order valence-corrected chi connectivity index (χ4v) is 2.78. The van der Waals surface area contributed by atoms with E-state index in [9.17, 15) is 8.42 Å². The highest BCUT2D eigenvalue weighted by Crippen LogP contribution is 2.24. The third-order valence-electron chi connectivity index (χ3n) is 1.52. The first-order valence-electron chi connectivity index (χ1n) is 3.98. The summed E-state index contributed by atoms with van der Waals surface area (Å²) in [5, 5.41) is 3.77. The predicted octanol–water partition coefficient (Wildman–Crippen LogP) is 2.12. The lowest BCUT2D eigenvalue weighted by Gasteiger charge is -2.07. The van der Waals surface area contributed by atoms with Crippen LogP contribution in [-0.2, 0) is 15.6 Å². The minimum Gasteiger partial charge on any atom is -0.251 e. The molecule has 0 atom stereocenters. The molecule has 0 aliphatic carbocycles. The Bertz CT molecular complexity index is 425. The summed E-state index contributed by atoms with van der Waals surface area (Å²) in [6.45, 7) is 4.36. The van der Waals surface area contributed by atoms with Crippen LogP contribution in [0.4, 0.5) is 0 Å². The van der Waals surface area contributed by atoms with Crippen LogP contribution in [0.15, 0.2) is 11.2 Å². The molecule has 14 heavy (non-hydrogen) atoms. The van der Waals surface area contributed by atoms with E-state index in [0.29, 0.717) is 6.54 Å². The second kappa shape index (κ2) is 4.08. The number of halogens is 2. The molecule has 0 radical (unpaired) electrons. The number of nitrogens with zero attached hydrogens (tertiary/aromatic N) is 2. The first-order chi connectivity index (χ1) is 6.32. The van der Waals surface area contributed by atoms with Crippen LogP contribution in [-0.4, -0.2) is 18.2 Å². The molecule has 0 amide bonds. The third kappa shape index (κ3) is 2.62. The lowest BCUT2D eigenvalue weighted by atomic mass is 10.2. The van der Waals surface area contributed by atoms with Gasteiger partial charge in [0.25, 0.3) is 9.05 Å². The average Bonchev–Trinajstić information content (AvgIpc) is 2.28. The van der Waals surface area contributed by atoms with Crippen molar-refractivity contribution in [2.45, 2.75) is 25.4 Å². The van der Waals surface area contributed by atoms with Crippen molar-refractivity contribution in [2.24, 2.45) is 5.92 Å². The molecule has 0 aliphatic rings. The molecule has 1 rings (SSSR count). The van der Waals surface area contributed by atoms with Crippen molar-refractivity contribution >= 4 is 31.3 Å². The van der Waals surface area contributed by atoms with Crippen molar-refractivity contribution in [3.05, 3.63) is 11.2 Å². The van der Waals surface area contributed by atoms with Crippen LogP contribution in [0, 0.1) is 5.92 Å². The fourth-order valence-electron chi connectivity index (χ4n) is 1.07. The average molecular weight is 257 g/mol. The zero-order valence-corrected chi connectivity index (χ0v) is 10.1. The van der Waals surface area contributed by atoms with Crippen molar-refractivity contribution in [1.29, 1.82) is 0 Å². The quantitative estimate of drug-likeness (QED) is 0.779. The van der Waals surface area contributed by atoms with Crippen LogP contribution in [0.5, 0.6) is 0 Å². The molecule has 0 aliphatic heterocycles. The SMILES string of the molecule is CC(C)Cn1ncc(Cl)c1S(=O)(=O)Cl. The Morgan fingerprint density at radius 2 is 2.14 bits per heavy atom. The molecule has 80 valence electrons. The summed E-state index contributed by atoms with van der Waals surface area (Å²) in [7, 11) is 1.40. The Balaban J connectivity index is 3.20. The van der Waals surface area contributed by atoms with E-state index in [1.807, 2.05) is 13.8 Å². The van der Waals surface area contributed by atoms with Gasteiger partial charge in [0.2, 0.25) is 0 Å². The van der Waals surface area contributed by atoms with E-state index >= 15 is 0 Å². The summed E-state index contributed by atoms with van der Waals surface area (Å²) >= 11 is 5.67. The standard InChI is InChI=1S/C7H10Cl2N2O2S/c1-5(2)4-11-7(14(9,12)13)6(8)3-10-11/h3,5H,4H2,1-2H3. The maximum atomic E-state index is 11.1. The van der Waals surface area contributed by atoms with E-state index in [0.717, 1.165) is 0 Å². The van der Waals surface area contributed by atoms with Gasteiger partial charge in [0, 0.05) is 17.2 Å². The van der Waals surface area contributed by atoms with Crippen molar-refractivity contribution in [3.63, 3.8) is 0 Å². The monoisotopic (exact) mass is 256 g/mol. The van der Waals surface area contributed by atoms with Crippen molar-refractivity contribution in [3.8, 4) is 0 Å². The Morgan fingerprint density at radius 1 is 1.57 bits per heavy atom. The molecular formula is C7H10Cl2N2O2S. The number of rotatable bonds is 3. The van der Waals surface area contributed by atoms with Crippen molar-refractivity contribution in [2.75, 3.05) is 0 Å². The summed E-state index contributed by atoms with van der Waals surface area (Å²) in [4.78, 5) is 0. The Morgan fingerprint density at radius 3 is 2.57 bits per heavy atom. The lowest BCUT2D eigenvalue weighted by molar-refractivity contribution is 0.450. The van der Waals surface area contributed by atoms with Crippen LogP contribution < -0.4 is 0 Å². The highest BCUT2D eigenvalue weighted by atomic mass is 35.7. The van der Waals surface area contributed by atoms with E-state index < -0.39 is 9.05 Å². The van der Waals surface area contributed by atoms with Gasteiger partial charge in [-0.2, -0.15) is 5.10 Å². The van der Waals surface area contributed by atoms with Gasteiger partial charge < -0.3 is 0 Å². The van der Waals surface area contributed by atoms with Gasteiger partial charge in [-0.3, -0.25) is 4.68 Å². The molecule has 0 aromatic carbocycles. The molecule has 0 spiro atoms. The summed E-state index contributed by atoms with van der Waals surface area (Å²) < 4.78 is 23.6. The smallest absolute Gasteiger partial charge is 0.251 e. The minimum absolute atomic E-state index is 0.0562. The van der Waals surface area contributed by atoms with Crippen molar-refractivity contribution in [1.82, 2.24) is 9.78 Å². The molecule has 0 saturated carbocycles. The van der Waals surface area contributed by atoms with Crippen LogP contribution in [0.25, 0.3) is 0 Å². The van der Waals surface area contributed by atoms with Gasteiger partial charge in [-0.25, -0.2) is 8.42 Å². The van der Waals surface area contributed by atoms with Crippen molar-refractivity contribution < 1.29 is 8.42 Å². The van der Waals surface area contributed by atoms with E-state index in [2.05, 4.69) is 5.10 Å². The summed E-state index contributed by atoms with van der Waals surface area (Å²) in [6.07, 6.45) is 1.28. The molecule has 4 nitrogen and oxygen atoms in total. The predicted molar refractivity (Wildman–Crippen MR) is 55.1 cm³/mol. The van der Waals surface area contributed by atoms with Gasteiger partial charge in [0.15, 0.2) is 5.03 Å². The highest BCUT2D eigenvalue weighted by Gasteiger charge is 2.21. The van der Waals surface area contributed by atoms with Gasteiger partial charge in [-0.15, -0.1) is 0 Å². The van der Waals surface area contributed by atoms with E-state index in [1.54, 1.807) is 0 Å². The van der Waals surface area contributed by atoms with Crippen LogP contribution in [0.1, 0.15) is 13.8 Å². The molecule has 0 fully saturated rings. The Kier molecular flexibility index (Phi) is 3.44. The number of aromatic nitrogens is 2.